The molecule has 0 radical (unpaired) electrons. The minimum Gasteiger partial charge on any atom is -0.406 e. The Hall–Kier alpha value is -5.08. The predicted octanol–water partition coefficient (Wildman–Crippen LogP) is 11.0. The standard InChI is InChI=1S/C16H11ClF3NO3.C9H6ClNO2.C7H4BrF3O.C7H8ClN.C2H6O2.CH4/c1-8-12(17)7-6-11-13(8)21-14(22)15(11,23)9-2-4-10(5-3-9)24-16(18,19)20;1-4-6(10)3-2-5-7(4)11-9(13)8(5)12;8-5-1-3-6(4-2-5)12-7(9,10)11;1-5-6(8)3-2-4-7(5)9;1-2(3)4;/h2-7,23H,1H3,(H,21,22);2-3H,1H3,(H,11,12,13);1-4H;2-4H,9H2,1H3;2-4H,1H3;1H4. The topological polar surface area (TPSA) is 180 Å². The molecule has 7 rings (SSSR count). The number of amides is 2. The molecule has 0 aromatic heterocycles. The summed E-state index contributed by atoms with van der Waals surface area (Å²) in [5.74, 6) is -2.44. The monoisotopic (exact) mass is 1010 g/mol. The summed E-state index contributed by atoms with van der Waals surface area (Å²) in [6, 6.07) is 21.6. The van der Waals surface area contributed by atoms with E-state index in [-0.39, 0.29) is 18.7 Å². The number of halogens is 10. The first-order chi connectivity index (χ1) is 28.7. The van der Waals surface area contributed by atoms with Crippen molar-refractivity contribution in [3.05, 3.63) is 144 Å². The maximum atomic E-state index is 12.3. The van der Waals surface area contributed by atoms with Crippen LogP contribution in [-0.2, 0) is 15.2 Å². The van der Waals surface area contributed by atoms with Crippen LogP contribution in [0.2, 0.25) is 15.1 Å². The van der Waals surface area contributed by atoms with Gasteiger partial charge < -0.3 is 41.2 Å². The van der Waals surface area contributed by atoms with E-state index in [9.17, 15) is 45.8 Å². The molecular formula is C42H39BrCl3F6N3O8. The number of rotatable bonds is 3. The van der Waals surface area contributed by atoms with E-state index in [2.05, 4.69) is 36.0 Å². The van der Waals surface area contributed by atoms with Crippen LogP contribution >= 0.6 is 50.7 Å². The third-order valence-corrected chi connectivity index (χ3v) is 10.1. The maximum Gasteiger partial charge on any atom is 0.573 e. The van der Waals surface area contributed by atoms with Crippen molar-refractivity contribution in [2.75, 3.05) is 16.4 Å². The second kappa shape index (κ2) is 22.5. The highest BCUT2D eigenvalue weighted by Gasteiger charge is 2.47. The molecule has 5 aromatic rings. The Kier molecular flexibility index (Phi) is 19.3. The zero-order valence-electron chi connectivity index (χ0n) is 32.5. The van der Waals surface area contributed by atoms with Crippen LogP contribution in [0.3, 0.4) is 0 Å². The van der Waals surface area contributed by atoms with Crippen molar-refractivity contribution in [3.63, 3.8) is 0 Å². The van der Waals surface area contributed by atoms with Crippen molar-refractivity contribution in [1.29, 1.82) is 0 Å². The molecule has 0 saturated heterocycles. The minimum atomic E-state index is -4.82. The number of alkyl halides is 6. The lowest BCUT2D eigenvalue weighted by atomic mass is 9.87. The van der Waals surface area contributed by atoms with E-state index in [0.717, 1.165) is 34.0 Å². The number of nitrogen functional groups attached to an aromatic ring is 1. The maximum absolute atomic E-state index is 12.3. The number of hydrogen-bond donors (Lipinski definition) is 6. The third kappa shape index (κ3) is 15.0. The third-order valence-electron chi connectivity index (χ3n) is 8.31. The SMILES string of the molecule is C.CC(O)O.Cc1c(Cl)ccc2c1NC(=O)C2(O)c1ccc(OC(F)(F)F)cc1.Cc1c(Cl)ccc2c1NC(=O)C2=O.Cc1c(N)cccc1Cl.FC(F)(F)Oc1ccc(Br)cc1. The van der Waals surface area contributed by atoms with Gasteiger partial charge in [-0.2, -0.15) is 0 Å². The fourth-order valence-electron chi connectivity index (χ4n) is 5.25. The fourth-order valence-corrected chi connectivity index (χ4v) is 6.01. The first kappa shape index (κ1) is 54.1. The first-order valence-electron chi connectivity index (χ1n) is 17.4. The number of Topliss-reactive ketones (excluding diaryl/α,β-unsaturated/α-hetero) is 1. The van der Waals surface area contributed by atoms with E-state index in [1.807, 2.05) is 25.1 Å². The molecule has 0 saturated carbocycles. The number of nitrogens with two attached hydrogens (primary N) is 1. The van der Waals surface area contributed by atoms with Crippen molar-refractivity contribution in [1.82, 2.24) is 0 Å². The molecule has 0 fully saturated rings. The van der Waals surface area contributed by atoms with Gasteiger partial charge in [0.1, 0.15) is 17.8 Å². The summed E-state index contributed by atoms with van der Waals surface area (Å²) in [4.78, 5) is 34.5. The van der Waals surface area contributed by atoms with Crippen molar-refractivity contribution < 1.29 is 65.5 Å². The minimum absolute atomic E-state index is 0. The number of carbonyl (C=O) groups is 3. The molecule has 2 amide bonds. The average molecular weight is 1010 g/mol. The Morgan fingerprint density at radius 1 is 0.683 bits per heavy atom. The smallest absolute Gasteiger partial charge is 0.406 e. The summed E-state index contributed by atoms with van der Waals surface area (Å²) >= 11 is 20.7. The molecule has 2 aliphatic heterocycles. The molecule has 11 nitrogen and oxygen atoms in total. The molecule has 1 atom stereocenters. The van der Waals surface area contributed by atoms with Gasteiger partial charge in [-0.1, -0.05) is 82.4 Å². The van der Waals surface area contributed by atoms with Crippen LogP contribution in [0.25, 0.3) is 0 Å². The highest BCUT2D eigenvalue weighted by molar-refractivity contribution is 9.10. The fraction of sp³-hybridized carbons (Fsp3) is 0.214. The van der Waals surface area contributed by atoms with Gasteiger partial charge in [-0.15, -0.1) is 26.3 Å². The Morgan fingerprint density at radius 2 is 1.13 bits per heavy atom. The van der Waals surface area contributed by atoms with Crippen LogP contribution < -0.4 is 25.8 Å². The van der Waals surface area contributed by atoms with E-state index in [1.165, 1.54) is 49.4 Å². The number of fused-ring (bicyclic) bond motifs is 2. The van der Waals surface area contributed by atoms with Gasteiger partial charge in [0, 0.05) is 30.8 Å². The Bertz CT molecular complexity index is 2380. The van der Waals surface area contributed by atoms with E-state index >= 15 is 0 Å². The highest BCUT2D eigenvalue weighted by atomic mass is 79.9. The quantitative estimate of drug-likeness (QED) is 0.0444. The number of anilines is 3. The van der Waals surface area contributed by atoms with Crippen LogP contribution in [0.1, 0.15) is 52.5 Å². The molecule has 0 aliphatic carbocycles. The summed E-state index contributed by atoms with van der Waals surface area (Å²) in [7, 11) is 0. The van der Waals surface area contributed by atoms with Gasteiger partial charge in [-0.3, -0.25) is 14.4 Å². The van der Waals surface area contributed by atoms with E-state index < -0.39 is 48.0 Å². The van der Waals surface area contributed by atoms with Crippen LogP contribution in [0.15, 0.2) is 95.5 Å². The summed E-state index contributed by atoms with van der Waals surface area (Å²) in [5.41, 5.74) is 8.32. The molecule has 63 heavy (non-hydrogen) atoms. The van der Waals surface area contributed by atoms with Crippen molar-refractivity contribution in [3.8, 4) is 11.5 Å². The van der Waals surface area contributed by atoms with Gasteiger partial charge in [-0.25, -0.2) is 0 Å². The lowest BCUT2D eigenvalue weighted by molar-refractivity contribution is -0.275. The van der Waals surface area contributed by atoms with Crippen LogP contribution in [0.5, 0.6) is 11.5 Å². The van der Waals surface area contributed by atoms with Crippen molar-refractivity contribution >= 4 is 85.4 Å². The second-order valence-electron chi connectivity index (χ2n) is 12.8. The molecule has 7 N–H and O–H groups in total. The molecule has 21 heteroatoms. The molecule has 5 aromatic carbocycles. The van der Waals surface area contributed by atoms with Gasteiger partial charge >= 0.3 is 12.7 Å². The number of benzene rings is 5. The Balaban J connectivity index is 0.000000299. The lowest BCUT2D eigenvalue weighted by Gasteiger charge is -2.22. The first-order valence-corrected chi connectivity index (χ1v) is 19.3. The molecule has 0 spiro atoms. The summed E-state index contributed by atoms with van der Waals surface area (Å²) < 4.78 is 79.6. The summed E-state index contributed by atoms with van der Waals surface area (Å²) in [6.07, 6.45) is -10.6. The molecule has 2 heterocycles. The zero-order chi connectivity index (χ0) is 46.9. The zero-order valence-corrected chi connectivity index (χ0v) is 36.3. The number of ether oxygens (including phenoxy) is 2. The van der Waals surface area contributed by atoms with E-state index in [1.54, 1.807) is 32.0 Å². The number of ketones is 1. The number of nitrogens with one attached hydrogen (secondary N) is 2. The number of aliphatic hydroxyl groups is 3. The van der Waals surface area contributed by atoms with Crippen molar-refractivity contribution in [2.45, 2.75) is 59.7 Å². The molecular weight excluding hydrogens is 975 g/mol. The van der Waals surface area contributed by atoms with Crippen molar-refractivity contribution in [2.24, 2.45) is 0 Å². The van der Waals surface area contributed by atoms with Crippen LogP contribution in [0, 0.1) is 20.8 Å². The predicted molar refractivity (Wildman–Crippen MR) is 232 cm³/mol. The normalized spacial score (nSPS) is 14.6. The van der Waals surface area contributed by atoms with Gasteiger partial charge in [0.15, 0.2) is 5.60 Å². The van der Waals surface area contributed by atoms with Crippen LogP contribution in [-0.4, -0.2) is 51.9 Å². The van der Waals surface area contributed by atoms with Gasteiger partial charge in [0.05, 0.1) is 16.9 Å². The summed E-state index contributed by atoms with van der Waals surface area (Å²) in [6.45, 7) is 6.63. The Labute approximate surface area is 380 Å². The number of hydrogen-bond acceptors (Lipinski definition) is 9. The van der Waals surface area contributed by atoms with Gasteiger partial charge in [-0.05, 0) is 117 Å². The second-order valence-corrected chi connectivity index (χ2v) is 14.9. The van der Waals surface area contributed by atoms with Gasteiger partial charge in [0.2, 0.25) is 0 Å². The van der Waals surface area contributed by atoms with E-state index in [4.69, 9.17) is 50.7 Å². The summed E-state index contributed by atoms with van der Waals surface area (Å²) in [5, 5.41) is 32.9. The molecule has 0 bridgehead atoms. The molecule has 1 unspecified atom stereocenters. The van der Waals surface area contributed by atoms with Gasteiger partial charge in [0.25, 0.3) is 17.6 Å². The van der Waals surface area contributed by atoms with E-state index in [0.29, 0.717) is 42.6 Å². The Morgan fingerprint density at radius 3 is 1.59 bits per heavy atom. The highest BCUT2D eigenvalue weighted by Crippen LogP contribution is 2.44. The average Bonchev–Trinajstić information content (AvgIpc) is 3.62. The van der Waals surface area contributed by atoms with Crippen LogP contribution in [0.4, 0.5) is 43.4 Å². The number of carbonyl (C=O) groups excluding carboxylic acids is 3. The molecule has 340 valence electrons. The lowest BCUT2D eigenvalue weighted by Crippen LogP contribution is -2.35. The largest absolute Gasteiger partial charge is 0.573 e. The number of aliphatic hydroxyl groups excluding tert-OH is 1. The molecule has 2 aliphatic rings.